The summed E-state index contributed by atoms with van der Waals surface area (Å²) in [4.78, 5) is 12.7. The maximum Gasteiger partial charge on any atom is 0.137 e. The predicted molar refractivity (Wildman–Crippen MR) is 121 cm³/mol. The molecule has 1 aromatic carbocycles. The van der Waals surface area contributed by atoms with E-state index in [1.807, 2.05) is 0 Å². The molecule has 0 radical (unpaired) electrons. The van der Waals surface area contributed by atoms with Crippen LogP contribution in [0.3, 0.4) is 0 Å². The molecule has 2 fully saturated rings. The Labute approximate surface area is 181 Å². The first-order valence-corrected chi connectivity index (χ1v) is 12.1. The van der Waals surface area contributed by atoms with Crippen LogP contribution in [0.4, 0.5) is 0 Å². The molecule has 2 aliphatic carbocycles. The number of Topliss-reactive ketones (excluding diaryl/α,β-unsaturated/α-hetero) is 1. The van der Waals surface area contributed by atoms with Gasteiger partial charge in [0.25, 0.3) is 0 Å². The zero-order chi connectivity index (χ0) is 20.9. The standard InChI is InChI=1S/C26H37N3O/c1-19-11-13-22(20(2)17-19)18-24(30)14-16-26-28-27-25(29(26)23-9-6-10-23)15-12-21-7-4-3-5-8-21/h11,13,17,21,23H,3-10,12,14-16,18H2,1-2H3. The van der Waals surface area contributed by atoms with Crippen LogP contribution in [0, 0.1) is 19.8 Å². The molecule has 0 spiro atoms. The molecule has 2 aliphatic rings. The van der Waals surface area contributed by atoms with Gasteiger partial charge in [-0.3, -0.25) is 4.79 Å². The molecule has 0 bridgehead atoms. The van der Waals surface area contributed by atoms with Gasteiger partial charge < -0.3 is 4.57 Å². The van der Waals surface area contributed by atoms with Crippen molar-refractivity contribution in [3.8, 4) is 0 Å². The van der Waals surface area contributed by atoms with Gasteiger partial charge in [0.1, 0.15) is 17.4 Å². The fourth-order valence-electron chi connectivity index (χ4n) is 5.17. The third-order valence-electron chi connectivity index (χ3n) is 7.29. The van der Waals surface area contributed by atoms with Crippen LogP contribution in [-0.4, -0.2) is 20.5 Å². The molecule has 4 nitrogen and oxygen atoms in total. The van der Waals surface area contributed by atoms with Crippen molar-refractivity contribution in [2.45, 2.75) is 103 Å². The van der Waals surface area contributed by atoms with Crippen LogP contribution in [0.5, 0.6) is 0 Å². The smallest absolute Gasteiger partial charge is 0.137 e. The quantitative estimate of drug-likeness (QED) is 0.522. The van der Waals surface area contributed by atoms with E-state index in [1.54, 1.807) is 0 Å². The van der Waals surface area contributed by atoms with Gasteiger partial charge in [-0.2, -0.15) is 0 Å². The van der Waals surface area contributed by atoms with Crippen LogP contribution < -0.4 is 0 Å². The van der Waals surface area contributed by atoms with Gasteiger partial charge in [-0.15, -0.1) is 10.2 Å². The van der Waals surface area contributed by atoms with Gasteiger partial charge in [-0.25, -0.2) is 0 Å². The SMILES string of the molecule is Cc1ccc(CC(=O)CCc2nnc(CCC3CCCCC3)n2C2CCC2)c(C)c1. The minimum atomic E-state index is 0.300. The van der Waals surface area contributed by atoms with Crippen LogP contribution in [-0.2, 0) is 24.1 Å². The first kappa shape index (κ1) is 21.3. The Balaban J connectivity index is 1.37. The molecular formula is C26H37N3O. The Morgan fingerprint density at radius 2 is 1.70 bits per heavy atom. The Kier molecular flexibility index (Phi) is 7.01. The minimum Gasteiger partial charge on any atom is -0.312 e. The molecular weight excluding hydrogens is 370 g/mol. The summed E-state index contributed by atoms with van der Waals surface area (Å²) in [6.45, 7) is 4.19. The van der Waals surface area contributed by atoms with E-state index >= 15 is 0 Å². The molecule has 4 heteroatoms. The number of aromatic nitrogens is 3. The van der Waals surface area contributed by atoms with E-state index in [0.29, 0.717) is 24.7 Å². The third-order valence-corrected chi connectivity index (χ3v) is 7.29. The number of hydrogen-bond acceptors (Lipinski definition) is 3. The summed E-state index contributed by atoms with van der Waals surface area (Å²) in [6.07, 6.45) is 14.8. The number of aryl methyl sites for hydroxylation is 4. The summed E-state index contributed by atoms with van der Waals surface area (Å²) in [5.74, 6) is 3.37. The van der Waals surface area contributed by atoms with E-state index < -0.39 is 0 Å². The topological polar surface area (TPSA) is 47.8 Å². The molecule has 0 saturated heterocycles. The average Bonchev–Trinajstić information content (AvgIpc) is 3.09. The van der Waals surface area contributed by atoms with Crippen molar-refractivity contribution in [2.75, 3.05) is 0 Å². The molecule has 1 heterocycles. The van der Waals surface area contributed by atoms with Gasteiger partial charge in [-0.05, 0) is 56.6 Å². The lowest BCUT2D eigenvalue weighted by atomic mass is 9.86. The number of nitrogens with zero attached hydrogens (tertiary/aromatic N) is 3. The van der Waals surface area contributed by atoms with Crippen LogP contribution in [0.15, 0.2) is 18.2 Å². The van der Waals surface area contributed by atoms with E-state index in [-0.39, 0.29) is 0 Å². The van der Waals surface area contributed by atoms with E-state index in [0.717, 1.165) is 30.1 Å². The summed E-state index contributed by atoms with van der Waals surface area (Å²) in [5.41, 5.74) is 3.61. The summed E-state index contributed by atoms with van der Waals surface area (Å²) in [7, 11) is 0. The Morgan fingerprint density at radius 3 is 2.37 bits per heavy atom. The maximum absolute atomic E-state index is 12.7. The highest BCUT2D eigenvalue weighted by molar-refractivity contribution is 5.81. The van der Waals surface area contributed by atoms with Crippen LogP contribution in [0.25, 0.3) is 0 Å². The molecule has 2 saturated carbocycles. The number of carbonyl (C=O) groups excluding carboxylic acids is 1. The van der Waals surface area contributed by atoms with Gasteiger partial charge in [0.05, 0.1) is 0 Å². The second kappa shape index (κ2) is 9.89. The van der Waals surface area contributed by atoms with Crippen molar-refractivity contribution in [1.82, 2.24) is 14.8 Å². The van der Waals surface area contributed by atoms with Crippen LogP contribution in [0.2, 0.25) is 0 Å². The molecule has 0 aliphatic heterocycles. The van der Waals surface area contributed by atoms with E-state index in [4.69, 9.17) is 0 Å². The molecule has 0 amide bonds. The Hall–Kier alpha value is -1.97. The summed E-state index contributed by atoms with van der Waals surface area (Å²) in [5, 5.41) is 9.14. The van der Waals surface area contributed by atoms with Gasteiger partial charge in [0, 0.05) is 31.7 Å². The first-order chi connectivity index (χ1) is 14.6. The fraction of sp³-hybridized carbons (Fsp3) is 0.654. The van der Waals surface area contributed by atoms with Gasteiger partial charge >= 0.3 is 0 Å². The second-order valence-electron chi connectivity index (χ2n) is 9.68. The maximum atomic E-state index is 12.7. The highest BCUT2D eigenvalue weighted by Crippen LogP contribution is 2.34. The summed E-state index contributed by atoms with van der Waals surface area (Å²) >= 11 is 0. The van der Waals surface area contributed by atoms with Gasteiger partial charge in [-0.1, -0.05) is 55.9 Å². The average molecular weight is 408 g/mol. The van der Waals surface area contributed by atoms with Crippen molar-refractivity contribution in [2.24, 2.45) is 5.92 Å². The highest BCUT2D eigenvalue weighted by atomic mass is 16.1. The molecule has 4 rings (SSSR count). The largest absolute Gasteiger partial charge is 0.312 e. The van der Waals surface area contributed by atoms with Crippen LogP contribution in [0.1, 0.15) is 98.6 Å². The number of ketones is 1. The lowest BCUT2D eigenvalue weighted by Crippen LogP contribution is -2.22. The van der Waals surface area contributed by atoms with Gasteiger partial charge in [0.2, 0.25) is 0 Å². The molecule has 0 unspecified atom stereocenters. The number of rotatable bonds is 9. The third kappa shape index (κ3) is 5.19. The molecule has 0 N–H and O–H groups in total. The Bertz CT molecular complexity index is 859. The van der Waals surface area contributed by atoms with E-state index in [1.165, 1.54) is 74.7 Å². The van der Waals surface area contributed by atoms with Gasteiger partial charge in [0.15, 0.2) is 0 Å². The van der Waals surface area contributed by atoms with Crippen molar-refractivity contribution in [1.29, 1.82) is 0 Å². The van der Waals surface area contributed by atoms with Crippen molar-refractivity contribution >= 4 is 5.78 Å². The zero-order valence-corrected chi connectivity index (χ0v) is 18.8. The van der Waals surface area contributed by atoms with Crippen molar-refractivity contribution in [3.63, 3.8) is 0 Å². The fourth-order valence-corrected chi connectivity index (χ4v) is 5.17. The second-order valence-corrected chi connectivity index (χ2v) is 9.68. The predicted octanol–water partition coefficient (Wildman–Crippen LogP) is 5.88. The summed E-state index contributed by atoms with van der Waals surface area (Å²) < 4.78 is 2.41. The number of carbonyl (C=O) groups is 1. The number of benzene rings is 1. The van der Waals surface area contributed by atoms with Crippen molar-refractivity contribution in [3.05, 3.63) is 46.5 Å². The molecule has 162 valence electrons. The van der Waals surface area contributed by atoms with E-state index in [9.17, 15) is 4.79 Å². The van der Waals surface area contributed by atoms with Crippen LogP contribution >= 0.6 is 0 Å². The monoisotopic (exact) mass is 407 g/mol. The van der Waals surface area contributed by atoms with E-state index in [2.05, 4.69) is 46.8 Å². The molecule has 2 aromatic rings. The molecule has 30 heavy (non-hydrogen) atoms. The van der Waals surface area contributed by atoms with Crippen molar-refractivity contribution < 1.29 is 4.79 Å². The highest BCUT2D eigenvalue weighted by Gasteiger charge is 2.26. The molecule has 1 aromatic heterocycles. The summed E-state index contributed by atoms with van der Waals surface area (Å²) in [6, 6.07) is 6.92. The Morgan fingerprint density at radius 1 is 0.967 bits per heavy atom. The first-order valence-electron chi connectivity index (χ1n) is 12.1. The lowest BCUT2D eigenvalue weighted by Gasteiger charge is -2.30. The molecule has 0 atom stereocenters. The lowest BCUT2D eigenvalue weighted by molar-refractivity contribution is -0.118. The number of hydrogen-bond donors (Lipinski definition) is 0. The zero-order valence-electron chi connectivity index (χ0n) is 18.8. The minimum absolute atomic E-state index is 0.300. The normalized spacial score (nSPS) is 17.8.